The second kappa shape index (κ2) is 63.9. The smallest absolute Gasteiger partial charge is 0.305 e. The maximum Gasteiger partial charge on any atom is 0.305 e. The molecule has 0 aromatic heterocycles. The number of carbonyl (C=O) groups excluding carboxylic acids is 2. The van der Waals surface area contributed by atoms with Crippen LogP contribution in [0.3, 0.4) is 0 Å². The lowest BCUT2D eigenvalue weighted by molar-refractivity contribution is -0.143. The zero-order valence-corrected chi connectivity index (χ0v) is 50.1. The van der Waals surface area contributed by atoms with E-state index in [1.165, 1.54) is 289 Å². The number of unbranched alkanes of at least 4 members (excludes halogenated alkanes) is 48. The maximum atomic E-state index is 12.5. The normalized spacial score (nSPS) is 12.6. The number of hydrogen-bond acceptors (Lipinski definition) is 5. The van der Waals surface area contributed by atoms with Crippen molar-refractivity contribution in [1.82, 2.24) is 5.32 Å². The second-order valence-corrected chi connectivity index (χ2v) is 23.2. The molecule has 0 saturated carbocycles. The fourth-order valence-electron chi connectivity index (χ4n) is 10.6. The van der Waals surface area contributed by atoms with Gasteiger partial charge in [0.25, 0.3) is 0 Å². The van der Waals surface area contributed by atoms with Gasteiger partial charge in [-0.25, -0.2) is 0 Å². The number of aliphatic hydroxyl groups is 2. The molecule has 0 rings (SSSR count). The third-order valence-electron chi connectivity index (χ3n) is 15.8. The molecule has 0 aromatic carbocycles. The first-order chi connectivity index (χ1) is 36.5. The van der Waals surface area contributed by atoms with Crippen molar-refractivity contribution < 1.29 is 24.5 Å². The average molecular weight is 1040 g/mol. The lowest BCUT2D eigenvalue weighted by atomic mass is 10.0. The molecule has 0 saturated heterocycles. The molecule has 1 amide bonds. The van der Waals surface area contributed by atoms with Gasteiger partial charge in [0.15, 0.2) is 0 Å². The van der Waals surface area contributed by atoms with Crippen LogP contribution in [0.25, 0.3) is 0 Å². The van der Waals surface area contributed by atoms with Gasteiger partial charge in [-0.15, -0.1) is 0 Å². The standard InChI is InChI=1S/C68H131NO5/c1-3-5-7-9-11-13-15-17-19-33-36-40-44-48-52-56-60-66(71)65(64-70)69-67(72)61-57-53-49-45-41-37-34-30-28-26-24-22-20-21-23-25-27-29-31-35-39-43-47-51-55-59-63-74-68(73)62-58-54-50-46-42-38-32-18-16-14-12-10-8-6-4-2/h12,14,18,32,65-66,70-71H,3-11,13,15-17,19-31,33-64H2,1-2H3,(H,69,72)/b14-12-,32-18-. The van der Waals surface area contributed by atoms with Gasteiger partial charge in [-0.05, 0) is 57.8 Å². The Kier molecular flexibility index (Phi) is 62.4. The SMILES string of the molecule is CCCCC/C=C\C/C=C\CCCCCCCC(=O)OCCCCCCCCCCCCCCCCCCCCCCCCCCCCC(=O)NC(CO)C(O)CCCCCCCCCCCCCCCCCC. The van der Waals surface area contributed by atoms with E-state index in [0.29, 0.717) is 25.9 Å². The largest absolute Gasteiger partial charge is 0.466 e. The minimum atomic E-state index is -0.662. The van der Waals surface area contributed by atoms with Crippen LogP contribution in [0.4, 0.5) is 0 Å². The Bertz CT molecular complexity index is 1150. The number of aliphatic hydroxyl groups excluding tert-OH is 2. The molecule has 438 valence electrons. The first kappa shape index (κ1) is 72.3. The van der Waals surface area contributed by atoms with E-state index in [9.17, 15) is 19.8 Å². The van der Waals surface area contributed by atoms with Crippen LogP contribution in [0.5, 0.6) is 0 Å². The molecule has 0 heterocycles. The first-order valence-corrected chi connectivity index (χ1v) is 33.6. The van der Waals surface area contributed by atoms with Crippen LogP contribution in [0.1, 0.15) is 373 Å². The van der Waals surface area contributed by atoms with E-state index in [1.807, 2.05) is 0 Å². The summed E-state index contributed by atoms with van der Waals surface area (Å²) in [6.07, 6.45) is 79.2. The minimum absolute atomic E-state index is 0.00381. The molecule has 0 bridgehead atoms. The Hall–Kier alpha value is -1.66. The second-order valence-electron chi connectivity index (χ2n) is 23.2. The number of allylic oxidation sites excluding steroid dienone is 4. The van der Waals surface area contributed by atoms with E-state index >= 15 is 0 Å². The van der Waals surface area contributed by atoms with Gasteiger partial charge in [0.1, 0.15) is 0 Å². The summed E-state index contributed by atoms with van der Waals surface area (Å²) in [6, 6.07) is -0.539. The van der Waals surface area contributed by atoms with Gasteiger partial charge in [0, 0.05) is 12.8 Å². The monoisotopic (exact) mass is 1040 g/mol. The highest BCUT2D eigenvalue weighted by molar-refractivity contribution is 5.76. The summed E-state index contributed by atoms with van der Waals surface area (Å²) in [7, 11) is 0. The van der Waals surface area contributed by atoms with Crippen LogP contribution in [0.15, 0.2) is 24.3 Å². The van der Waals surface area contributed by atoms with Crippen LogP contribution in [0.2, 0.25) is 0 Å². The molecule has 0 aromatic rings. The Morgan fingerprint density at radius 1 is 0.378 bits per heavy atom. The molecule has 0 fully saturated rings. The molecule has 0 spiro atoms. The lowest BCUT2D eigenvalue weighted by Gasteiger charge is -2.22. The molecule has 0 aliphatic heterocycles. The van der Waals surface area contributed by atoms with E-state index in [1.54, 1.807) is 0 Å². The van der Waals surface area contributed by atoms with Crippen molar-refractivity contribution in [2.24, 2.45) is 0 Å². The van der Waals surface area contributed by atoms with Crippen LogP contribution in [-0.2, 0) is 14.3 Å². The highest BCUT2D eigenvalue weighted by Crippen LogP contribution is 2.19. The van der Waals surface area contributed by atoms with Crippen LogP contribution in [0, 0.1) is 0 Å². The van der Waals surface area contributed by atoms with Gasteiger partial charge in [0.2, 0.25) is 5.91 Å². The van der Waals surface area contributed by atoms with E-state index in [0.717, 1.165) is 51.4 Å². The molecule has 2 atom stereocenters. The number of carbonyl (C=O) groups is 2. The highest BCUT2D eigenvalue weighted by Gasteiger charge is 2.20. The minimum Gasteiger partial charge on any atom is -0.466 e. The number of amides is 1. The van der Waals surface area contributed by atoms with Crippen molar-refractivity contribution in [1.29, 1.82) is 0 Å². The predicted octanol–water partition coefficient (Wildman–Crippen LogP) is 21.4. The van der Waals surface area contributed by atoms with Gasteiger partial charge in [-0.3, -0.25) is 9.59 Å². The van der Waals surface area contributed by atoms with E-state index in [-0.39, 0.29) is 18.5 Å². The molecule has 3 N–H and O–H groups in total. The van der Waals surface area contributed by atoms with Crippen LogP contribution >= 0.6 is 0 Å². The zero-order chi connectivity index (χ0) is 53.6. The van der Waals surface area contributed by atoms with Crippen molar-refractivity contribution in [2.45, 2.75) is 386 Å². The number of rotatable bonds is 63. The fourth-order valence-corrected chi connectivity index (χ4v) is 10.6. The number of hydrogen-bond donors (Lipinski definition) is 3. The maximum absolute atomic E-state index is 12.5. The van der Waals surface area contributed by atoms with Crippen molar-refractivity contribution >= 4 is 11.9 Å². The summed E-state index contributed by atoms with van der Waals surface area (Å²) in [5.41, 5.74) is 0. The van der Waals surface area contributed by atoms with Crippen molar-refractivity contribution in [2.75, 3.05) is 13.2 Å². The van der Waals surface area contributed by atoms with Gasteiger partial charge in [-0.2, -0.15) is 0 Å². The van der Waals surface area contributed by atoms with Crippen molar-refractivity contribution in [3.63, 3.8) is 0 Å². The molecule has 6 heteroatoms. The van der Waals surface area contributed by atoms with E-state index < -0.39 is 12.1 Å². The molecule has 0 aliphatic carbocycles. The van der Waals surface area contributed by atoms with E-state index in [4.69, 9.17) is 4.74 Å². The Balaban J connectivity index is 3.35. The summed E-state index contributed by atoms with van der Waals surface area (Å²) in [5, 5.41) is 23.3. The third kappa shape index (κ3) is 59.6. The molecule has 2 unspecified atom stereocenters. The number of ether oxygens (including phenoxy) is 1. The average Bonchev–Trinajstić information content (AvgIpc) is 3.40. The molecule has 0 radical (unpaired) electrons. The highest BCUT2D eigenvalue weighted by atomic mass is 16.5. The molecule has 0 aliphatic rings. The lowest BCUT2D eigenvalue weighted by Crippen LogP contribution is -2.45. The zero-order valence-electron chi connectivity index (χ0n) is 50.1. The molecule has 74 heavy (non-hydrogen) atoms. The van der Waals surface area contributed by atoms with Crippen molar-refractivity contribution in [3.05, 3.63) is 24.3 Å². The molecule has 6 nitrogen and oxygen atoms in total. The van der Waals surface area contributed by atoms with Crippen molar-refractivity contribution in [3.8, 4) is 0 Å². The Morgan fingerprint density at radius 2 is 0.676 bits per heavy atom. The van der Waals surface area contributed by atoms with Gasteiger partial charge >= 0.3 is 5.97 Å². The predicted molar refractivity (Wildman–Crippen MR) is 324 cm³/mol. The van der Waals surface area contributed by atoms with Crippen LogP contribution in [-0.4, -0.2) is 47.4 Å². The Morgan fingerprint density at radius 3 is 1.05 bits per heavy atom. The first-order valence-electron chi connectivity index (χ1n) is 33.6. The molecular formula is C68H131NO5. The fraction of sp³-hybridized carbons (Fsp3) is 0.912. The Labute approximate surface area is 462 Å². The topological polar surface area (TPSA) is 95.9 Å². The number of esters is 1. The summed E-state index contributed by atoms with van der Waals surface area (Å²) in [6.45, 7) is 4.95. The third-order valence-corrected chi connectivity index (χ3v) is 15.8. The van der Waals surface area contributed by atoms with Crippen LogP contribution < -0.4 is 5.32 Å². The molecular weight excluding hydrogens is 911 g/mol. The van der Waals surface area contributed by atoms with Gasteiger partial charge < -0.3 is 20.3 Å². The summed E-state index contributed by atoms with van der Waals surface area (Å²) in [4.78, 5) is 24.6. The van der Waals surface area contributed by atoms with Gasteiger partial charge in [0.05, 0.1) is 25.4 Å². The number of nitrogens with one attached hydrogen (secondary N) is 1. The quantitative estimate of drug-likeness (QED) is 0.0320. The summed E-state index contributed by atoms with van der Waals surface area (Å²) < 4.78 is 5.48. The van der Waals surface area contributed by atoms with E-state index in [2.05, 4.69) is 43.5 Å². The summed E-state index contributed by atoms with van der Waals surface area (Å²) >= 11 is 0. The van der Waals surface area contributed by atoms with Gasteiger partial charge in [-0.1, -0.05) is 327 Å². The summed E-state index contributed by atoms with van der Waals surface area (Å²) in [5.74, 6) is -0.0261.